The summed E-state index contributed by atoms with van der Waals surface area (Å²) in [6.07, 6.45) is 0.944. The van der Waals surface area contributed by atoms with Gasteiger partial charge in [0, 0.05) is 25.0 Å². The van der Waals surface area contributed by atoms with Crippen LogP contribution in [0.15, 0.2) is 0 Å². The molecule has 0 saturated carbocycles. The fraction of sp³-hybridized carbons (Fsp3) is 1.00. The van der Waals surface area contributed by atoms with Gasteiger partial charge in [-0.15, -0.1) is 0 Å². The molecule has 12 heavy (non-hydrogen) atoms. The number of likely N-dealkylation sites (tertiary alicyclic amines) is 1. The van der Waals surface area contributed by atoms with Gasteiger partial charge >= 0.3 is 0 Å². The molecule has 72 valence electrons. The summed E-state index contributed by atoms with van der Waals surface area (Å²) in [6, 6.07) is 0.835. The lowest BCUT2D eigenvalue weighted by molar-refractivity contribution is 0.0524. The number of piperidine rings is 1. The third kappa shape index (κ3) is 2.72. The number of nitrogens with one attached hydrogen (secondary N) is 1. The van der Waals surface area contributed by atoms with Crippen LogP contribution in [-0.2, 0) is 0 Å². The molecule has 1 rings (SSSR count). The zero-order valence-electron chi connectivity index (χ0n) is 8.18. The Balaban J connectivity index is 2.30. The normalized spacial score (nSPS) is 32.8. The van der Waals surface area contributed by atoms with Gasteiger partial charge in [0.15, 0.2) is 6.30 Å². The average Bonchev–Trinajstić information content (AvgIpc) is 1.96. The molecule has 2 atom stereocenters. The topological polar surface area (TPSA) is 15.3 Å². The maximum Gasteiger partial charge on any atom is 0.154 e. The number of hydrogen-bond donors (Lipinski definition) is 1. The van der Waals surface area contributed by atoms with Crippen LogP contribution in [0.1, 0.15) is 26.7 Å². The van der Waals surface area contributed by atoms with E-state index >= 15 is 0 Å². The molecule has 2 nitrogen and oxygen atoms in total. The predicted octanol–water partition coefficient (Wildman–Crippen LogP) is 1.37. The van der Waals surface area contributed by atoms with E-state index in [1.165, 1.54) is 0 Å². The summed E-state index contributed by atoms with van der Waals surface area (Å²) in [7, 11) is 1.84. The van der Waals surface area contributed by atoms with E-state index in [9.17, 15) is 4.39 Å². The number of hydrogen-bond acceptors (Lipinski definition) is 2. The molecule has 1 fully saturated rings. The van der Waals surface area contributed by atoms with E-state index in [2.05, 4.69) is 19.2 Å². The lowest BCUT2D eigenvalue weighted by atomic mass is 10.0. The Morgan fingerprint density at radius 2 is 2.17 bits per heavy atom. The first-order chi connectivity index (χ1) is 5.59. The first-order valence-corrected chi connectivity index (χ1v) is 4.70. The molecule has 0 amide bonds. The van der Waals surface area contributed by atoms with Crippen molar-refractivity contribution in [2.45, 2.75) is 45.1 Å². The minimum Gasteiger partial charge on any atom is -0.312 e. The molecule has 0 bridgehead atoms. The Bertz CT molecular complexity index is 138. The molecule has 1 aliphatic heterocycles. The second kappa shape index (κ2) is 4.19. The van der Waals surface area contributed by atoms with Crippen LogP contribution in [-0.4, -0.2) is 36.9 Å². The van der Waals surface area contributed by atoms with E-state index in [0.717, 1.165) is 13.0 Å². The van der Waals surface area contributed by atoms with Crippen molar-refractivity contribution in [1.82, 2.24) is 10.2 Å². The second-order valence-corrected chi connectivity index (χ2v) is 3.96. The van der Waals surface area contributed by atoms with Gasteiger partial charge in [-0.3, -0.25) is 4.90 Å². The quantitative estimate of drug-likeness (QED) is 0.636. The Morgan fingerprint density at radius 1 is 1.50 bits per heavy atom. The summed E-state index contributed by atoms with van der Waals surface area (Å²) in [5.74, 6) is 0. The highest BCUT2D eigenvalue weighted by atomic mass is 19.1. The maximum atomic E-state index is 13.2. The van der Waals surface area contributed by atoms with E-state index in [4.69, 9.17) is 0 Å². The van der Waals surface area contributed by atoms with Crippen LogP contribution in [0.25, 0.3) is 0 Å². The predicted molar refractivity (Wildman–Crippen MR) is 48.8 cm³/mol. The van der Waals surface area contributed by atoms with Gasteiger partial charge in [-0.2, -0.15) is 0 Å². The minimum atomic E-state index is -0.755. The van der Waals surface area contributed by atoms with Crippen molar-refractivity contribution in [3.63, 3.8) is 0 Å². The highest BCUT2D eigenvalue weighted by molar-refractivity contribution is 4.79. The lowest BCUT2D eigenvalue weighted by Crippen LogP contribution is -2.46. The molecule has 3 heteroatoms. The van der Waals surface area contributed by atoms with Gasteiger partial charge in [0.05, 0.1) is 0 Å². The molecule has 1 N–H and O–H groups in total. The van der Waals surface area contributed by atoms with Crippen LogP contribution in [0.5, 0.6) is 0 Å². The maximum absolute atomic E-state index is 13.2. The van der Waals surface area contributed by atoms with Crippen molar-refractivity contribution in [3.05, 3.63) is 0 Å². The second-order valence-electron chi connectivity index (χ2n) is 3.96. The first kappa shape index (κ1) is 9.93. The van der Waals surface area contributed by atoms with Crippen LogP contribution in [0.2, 0.25) is 0 Å². The molecule has 0 unspecified atom stereocenters. The summed E-state index contributed by atoms with van der Waals surface area (Å²) < 4.78 is 13.2. The third-order valence-electron chi connectivity index (χ3n) is 2.36. The molecule has 0 aliphatic carbocycles. The van der Waals surface area contributed by atoms with Crippen molar-refractivity contribution >= 4 is 0 Å². The standard InChI is InChI=1S/C9H19FN2/c1-7(2)11-8-4-5-12(3)9(10)6-8/h7-9,11H,4-6H2,1-3H3/t8-,9-/m0/s1. The summed E-state index contributed by atoms with van der Waals surface area (Å²) in [6.45, 7) is 5.07. The van der Waals surface area contributed by atoms with Crippen molar-refractivity contribution in [2.24, 2.45) is 0 Å². The van der Waals surface area contributed by atoms with Crippen LogP contribution in [0, 0.1) is 0 Å². The van der Waals surface area contributed by atoms with Gasteiger partial charge in [0.2, 0.25) is 0 Å². The van der Waals surface area contributed by atoms with Crippen LogP contribution >= 0.6 is 0 Å². The molecule has 1 saturated heterocycles. The van der Waals surface area contributed by atoms with Crippen LogP contribution < -0.4 is 5.32 Å². The van der Waals surface area contributed by atoms with Crippen molar-refractivity contribution in [3.8, 4) is 0 Å². The van der Waals surface area contributed by atoms with Gasteiger partial charge < -0.3 is 5.32 Å². The minimum absolute atomic E-state index is 0.371. The zero-order chi connectivity index (χ0) is 9.14. The fourth-order valence-corrected chi connectivity index (χ4v) is 1.65. The van der Waals surface area contributed by atoms with Crippen molar-refractivity contribution in [1.29, 1.82) is 0 Å². The molecule has 1 aliphatic rings. The van der Waals surface area contributed by atoms with Gasteiger partial charge in [-0.05, 0) is 13.5 Å². The Kier molecular flexibility index (Phi) is 3.47. The SMILES string of the molecule is CC(C)N[C@H]1CCN(C)[C@H](F)C1. The summed E-state index contributed by atoms with van der Waals surface area (Å²) in [4.78, 5) is 1.78. The summed E-state index contributed by atoms with van der Waals surface area (Å²) in [5.41, 5.74) is 0. The Hall–Kier alpha value is -0.150. The van der Waals surface area contributed by atoms with Crippen LogP contribution in [0.3, 0.4) is 0 Å². The third-order valence-corrected chi connectivity index (χ3v) is 2.36. The molecular weight excluding hydrogens is 155 g/mol. The lowest BCUT2D eigenvalue weighted by Gasteiger charge is -2.33. The van der Waals surface area contributed by atoms with Gasteiger partial charge in [0.1, 0.15) is 0 Å². The Morgan fingerprint density at radius 3 is 2.67 bits per heavy atom. The highest BCUT2D eigenvalue weighted by Gasteiger charge is 2.25. The first-order valence-electron chi connectivity index (χ1n) is 4.70. The number of alkyl halides is 1. The van der Waals surface area contributed by atoms with E-state index in [-0.39, 0.29) is 0 Å². The van der Waals surface area contributed by atoms with E-state index in [1.807, 2.05) is 7.05 Å². The number of nitrogens with zero attached hydrogens (tertiary/aromatic N) is 1. The Labute approximate surface area is 74.1 Å². The van der Waals surface area contributed by atoms with Crippen molar-refractivity contribution < 1.29 is 4.39 Å². The van der Waals surface area contributed by atoms with Gasteiger partial charge in [0.25, 0.3) is 0 Å². The fourth-order valence-electron chi connectivity index (χ4n) is 1.65. The van der Waals surface area contributed by atoms with Crippen LogP contribution in [0.4, 0.5) is 4.39 Å². The summed E-state index contributed by atoms with van der Waals surface area (Å²) in [5, 5.41) is 3.37. The smallest absolute Gasteiger partial charge is 0.154 e. The molecular formula is C9H19FN2. The zero-order valence-corrected chi connectivity index (χ0v) is 8.18. The molecule has 0 aromatic carbocycles. The van der Waals surface area contributed by atoms with E-state index < -0.39 is 6.30 Å². The largest absolute Gasteiger partial charge is 0.312 e. The van der Waals surface area contributed by atoms with Gasteiger partial charge in [-0.25, -0.2) is 4.39 Å². The molecule has 0 aromatic heterocycles. The summed E-state index contributed by atoms with van der Waals surface area (Å²) >= 11 is 0. The molecule has 0 radical (unpaired) electrons. The number of halogens is 1. The van der Waals surface area contributed by atoms with Gasteiger partial charge in [-0.1, -0.05) is 13.8 Å². The van der Waals surface area contributed by atoms with E-state index in [0.29, 0.717) is 18.5 Å². The molecule has 0 aromatic rings. The van der Waals surface area contributed by atoms with Crippen molar-refractivity contribution in [2.75, 3.05) is 13.6 Å². The monoisotopic (exact) mass is 174 g/mol. The number of rotatable bonds is 2. The van der Waals surface area contributed by atoms with E-state index in [1.54, 1.807) is 4.90 Å². The highest BCUT2D eigenvalue weighted by Crippen LogP contribution is 2.16. The average molecular weight is 174 g/mol. The molecule has 1 heterocycles. The molecule has 0 spiro atoms.